The van der Waals surface area contributed by atoms with Gasteiger partial charge in [0.05, 0.1) is 24.9 Å². The average Bonchev–Trinajstić information content (AvgIpc) is 3.25. The van der Waals surface area contributed by atoms with Crippen molar-refractivity contribution in [1.82, 2.24) is 20.2 Å². The van der Waals surface area contributed by atoms with Crippen LogP contribution in [0.25, 0.3) is 22.3 Å². The minimum Gasteiger partial charge on any atom is -0.497 e. The number of ether oxygens (including phenoxy) is 3. The summed E-state index contributed by atoms with van der Waals surface area (Å²) in [6.07, 6.45) is 0.570. The van der Waals surface area contributed by atoms with Gasteiger partial charge in [0.1, 0.15) is 40.5 Å². The van der Waals surface area contributed by atoms with Crippen LogP contribution >= 0.6 is 11.3 Å². The highest BCUT2D eigenvalue weighted by molar-refractivity contribution is 7.14. The normalized spacial score (nSPS) is 22.6. The Bertz CT molecular complexity index is 1630. The van der Waals surface area contributed by atoms with E-state index in [9.17, 15) is 19.5 Å². The lowest BCUT2D eigenvalue weighted by atomic mass is 10.1. The molecule has 13 heteroatoms. The third-order valence-electron chi connectivity index (χ3n) is 7.67. The molecular weight excluding hydrogens is 598 g/mol. The third-order valence-corrected chi connectivity index (χ3v) is 8.45. The minimum atomic E-state index is -1.44. The van der Waals surface area contributed by atoms with E-state index in [0.29, 0.717) is 33.8 Å². The van der Waals surface area contributed by atoms with Gasteiger partial charge >= 0.3 is 12.1 Å². The monoisotopic (exact) mass is 637 g/mol. The molecule has 0 radical (unpaired) electrons. The Morgan fingerprint density at radius 1 is 1.20 bits per heavy atom. The number of methoxy groups -OCH3 is 1. The Kier molecular flexibility index (Phi) is 8.67. The largest absolute Gasteiger partial charge is 0.497 e. The highest BCUT2D eigenvalue weighted by Crippen LogP contribution is 2.45. The van der Waals surface area contributed by atoms with Gasteiger partial charge in [-0.1, -0.05) is 6.08 Å². The van der Waals surface area contributed by atoms with Crippen molar-refractivity contribution in [1.29, 1.82) is 0 Å². The number of carbonyl (C=O) groups excluding carboxylic acids is 2. The van der Waals surface area contributed by atoms with Crippen molar-refractivity contribution in [2.45, 2.75) is 76.8 Å². The van der Waals surface area contributed by atoms with Crippen molar-refractivity contribution in [3.8, 4) is 22.9 Å². The number of fused-ring (bicyclic) bond motifs is 1. The fourth-order valence-electron chi connectivity index (χ4n) is 5.39. The van der Waals surface area contributed by atoms with Gasteiger partial charge in [0.15, 0.2) is 5.13 Å². The van der Waals surface area contributed by atoms with E-state index < -0.39 is 47.2 Å². The molecule has 3 heterocycles. The topological polar surface area (TPSA) is 152 Å². The SMILES string of the molecule is C=C[C@@H]1C[C@]1(NC(=O)[C@@H]1C[C@@H](Oc2cc(-c3csc(NC(C)C)n3)nc3cc(OC)ccc23)CN1C(=O)OC(C)(C)C)C(=O)O. The van der Waals surface area contributed by atoms with Gasteiger partial charge in [0.25, 0.3) is 0 Å². The molecule has 2 aromatic heterocycles. The summed E-state index contributed by atoms with van der Waals surface area (Å²) in [5.74, 6) is -1.01. The number of pyridine rings is 1. The molecule has 2 aliphatic rings. The molecule has 1 saturated heterocycles. The van der Waals surface area contributed by atoms with E-state index in [1.54, 1.807) is 46.1 Å². The highest BCUT2D eigenvalue weighted by atomic mass is 32.1. The molecule has 3 N–H and O–H groups in total. The highest BCUT2D eigenvalue weighted by Gasteiger charge is 2.61. The molecule has 1 aliphatic heterocycles. The predicted octanol–water partition coefficient (Wildman–Crippen LogP) is 5.09. The van der Waals surface area contributed by atoms with Crippen LogP contribution in [0.4, 0.5) is 9.93 Å². The van der Waals surface area contributed by atoms with Gasteiger partial charge in [0.2, 0.25) is 5.91 Å². The number of rotatable bonds is 10. The van der Waals surface area contributed by atoms with Crippen molar-refractivity contribution < 1.29 is 33.7 Å². The second-order valence-electron chi connectivity index (χ2n) is 12.7. The van der Waals surface area contributed by atoms with Crippen molar-refractivity contribution in [2.75, 3.05) is 19.0 Å². The van der Waals surface area contributed by atoms with Gasteiger partial charge in [-0.2, -0.15) is 0 Å². The first kappa shape index (κ1) is 32.0. The first-order valence-corrected chi connectivity index (χ1v) is 15.7. The number of benzene rings is 1. The second kappa shape index (κ2) is 12.2. The van der Waals surface area contributed by atoms with Gasteiger partial charge in [-0.15, -0.1) is 17.9 Å². The number of hydrogen-bond donors (Lipinski definition) is 3. The maximum atomic E-state index is 13.6. The summed E-state index contributed by atoms with van der Waals surface area (Å²) in [7, 11) is 1.58. The summed E-state index contributed by atoms with van der Waals surface area (Å²) in [5, 5.41) is 19.2. The van der Waals surface area contributed by atoms with Crippen molar-refractivity contribution in [3.63, 3.8) is 0 Å². The molecule has 1 aromatic carbocycles. The Balaban J connectivity index is 1.46. The van der Waals surface area contributed by atoms with Crippen LogP contribution in [0.3, 0.4) is 0 Å². The minimum absolute atomic E-state index is 0.0480. The molecule has 3 aromatic rings. The molecule has 1 aliphatic carbocycles. The first-order valence-electron chi connectivity index (χ1n) is 14.8. The summed E-state index contributed by atoms with van der Waals surface area (Å²) >= 11 is 1.47. The van der Waals surface area contributed by atoms with Crippen LogP contribution in [0.15, 0.2) is 42.3 Å². The lowest BCUT2D eigenvalue weighted by Crippen LogP contribution is -2.53. The summed E-state index contributed by atoms with van der Waals surface area (Å²) in [4.78, 5) is 49.8. The molecule has 0 bridgehead atoms. The maximum absolute atomic E-state index is 13.6. The molecule has 2 fully saturated rings. The van der Waals surface area contributed by atoms with E-state index >= 15 is 0 Å². The lowest BCUT2D eigenvalue weighted by molar-refractivity contribution is -0.144. The van der Waals surface area contributed by atoms with Crippen molar-refractivity contribution in [2.24, 2.45) is 5.92 Å². The van der Waals surface area contributed by atoms with Crippen LogP contribution in [0.5, 0.6) is 11.5 Å². The van der Waals surface area contributed by atoms with E-state index in [2.05, 4.69) is 17.2 Å². The van der Waals surface area contributed by atoms with Crippen LogP contribution in [-0.4, -0.2) is 80.9 Å². The molecule has 1 saturated carbocycles. The number of carboxylic acids is 1. The lowest BCUT2D eigenvalue weighted by Gasteiger charge is -2.28. The van der Waals surface area contributed by atoms with Gasteiger partial charge in [-0.05, 0) is 53.2 Å². The van der Waals surface area contributed by atoms with Gasteiger partial charge in [-0.3, -0.25) is 9.69 Å². The van der Waals surface area contributed by atoms with Crippen LogP contribution in [0.1, 0.15) is 47.5 Å². The van der Waals surface area contributed by atoms with E-state index in [4.69, 9.17) is 24.2 Å². The molecule has 240 valence electrons. The molecule has 45 heavy (non-hydrogen) atoms. The van der Waals surface area contributed by atoms with Crippen LogP contribution in [0, 0.1) is 5.92 Å². The van der Waals surface area contributed by atoms with E-state index in [-0.39, 0.29) is 25.4 Å². The zero-order valence-corrected chi connectivity index (χ0v) is 27.1. The number of carbonyl (C=O) groups is 3. The van der Waals surface area contributed by atoms with Crippen molar-refractivity contribution in [3.05, 3.63) is 42.3 Å². The van der Waals surface area contributed by atoms with Gasteiger partial charge in [-0.25, -0.2) is 19.6 Å². The Hall–Kier alpha value is -4.39. The summed E-state index contributed by atoms with van der Waals surface area (Å²) in [5.41, 5.74) is -0.379. The summed E-state index contributed by atoms with van der Waals surface area (Å²) in [6.45, 7) is 13.0. The number of likely N-dealkylation sites (tertiary alicyclic amines) is 1. The Morgan fingerprint density at radius 2 is 1.96 bits per heavy atom. The number of carboxylic acid groups (broad SMARTS) is 1. The third kappa shape index (κ3) is 6.82. The number of amides is 2. The number of nitrogens with zero attached hydrogens (tertiary/aromatic N) is 3. The van der Waals surface area contributed by atoms with Crippen LogP contribution in [0.2, 0.25) is 0 Å². The maximum Gasteiger partial charge on any atom is 0.411 e. The first-order chi connectivity index (χ1) is 21.2. The van der Waals surface area contributed by atoms with E-state index in [0.717, 1.165) is 5.13 Å². The zero-order chi connectivity index (χ0) is 32.7. The van der Waals surface area contributed by atoms with E-state index in [1.165, 1.54) is 22.3 Å². The second-order valence-corrected chi connectivity index (χ2v) is 13.5. The number of thiazole rings is 1. The number of aromatic nitrogens is 2. The fraction of sp³-hybridized carbons (Fsp3) is 0.469. The van der Waals surface area contributed by atoms with E-state index in [1.807, 2.05) is 25.3 Å². The summed E-state index contributed by atoms with van der Waals surface area (Å²) in [6, 6.07) is 6.45. The zero-order valence-electron chi connectivity index (χ0n) is 26.2. The number of anilines is 1. The number of hydrogen-bond acceptors (Lipinski definition) is 10. The predicted molar refractivity (Wildman–Crippen MR) is 171 cm³/mol. The number of aliphatic carboxylic acids is 1. The average molecular weight is 638 g/mol. The van der Waals surface area contributed by atoms with Crippen LogP contribution in [-0.2, 0) is 14.3 Å². The van der Waals surface area contributed by atoms with Gasteiger partial charge < -0.3 is 30.0 Å². The molecule has 0 unspecified atom stereocenters. The Labute approximate surface area is 265 Å². The standard InChI is InChI=1S/C32H39N5O7S/c1-8-18-14-32(18,28(39)40)36-27(38)25-12-20(15-37(25)30(41)44-31(4,5)6)43-26-13-23(24-16-45-29(35-24)33-17(2)3)34-22-11-19(42-7)9-10-21(22)26/h8-11,13,16-18,20,25H,1,12,14-15H2,2-7H3,(H,33,35)(H,36,38)(H,39,40)/t18-,20-,25+,32-/m1/s1. The molecule has 12 nitrogen and oxygen atoms in total. The van der Waals surface area contributed by atoms with Gasteiger partial charge in [0, 0.05) is 41.3 Å². The molecule has 4 atom stereocenters. The molecule has 2 amide bonds. The molecule has 0 spiro atoms. The summed E-state index contributed by atoms with van der Waals surface area (Å²) < 4.78 is 17.6. The Morgan fingerprint density at radius 3 is 2.58 bits per heavy atom. The molecule has 5 rings (SSSR count). The fourth-order valence-corrected chi connectivity index (χ4v) is 6.24. The number of nitrogens with one attached hydrogen (secondary N) is 2. The van der Waals surface area contributed by atoms with Crippen LogP contribution < -0.4 is 20.1 Å². The smallest absolute Gasteiger partial charge is 0.411 e. The molecular formula is C32H39N5O7S. The quantitative estimate of drug-likeness (QED) is 0.256. The van der Waals surface area contributed by atoms with Crippen molar-refractivity contribution >= 4 is 45.3 Å².